The molecule has 0 spiro atoms. The summed E-state index contributed by atoms with van der Waals surface area (Å²) in [5.74, 6) is 0.246. The molecule has 0 radical (unpaired) electrons. The van der Waals surface area contributed by atoms with Gasteiger partial charge in [0.15, 0.2) is 5.58 Å². The first-order valence-electron chi connectivity index (χ1n) is 8.56. The van der Waals surface area contributed by atoms with E-state index in [1.807, 2.05) is 78.9 Å². The number of aromatic nitrogens is 1. The smallest absolute Gasteiger partial charge is 0.338 e. The molecule has 0 aliphatic heterocycles. The summed E-state index contributed by atoms with van der Waals surface area (Å²) in [7, 11) is 1.38. The molecule has 4 aromatic rings. The average molecular weight is 355 g/mol. The molecule has 0 N–H and O–H groups in total. The fourth-order valence-electron chi connectivity index (χ4n) is 2.87. The van der Waals surface area contributed by atoms with Crippen molar-refractivity contribution in [3.05, 3.63) is 89.5 Å². The van der Waals surface area contributed by atoms with Gasteiger partial charge in [-0.3, -0.25) is 0 Å². The number of rotatable bonds is 4. The Labute approximate surface area is 156 Å². The van der Waals surface area contributed by atoms with Gasteiger partial charge in [-0.2, -0.15) is 0 Å². The lowest BCUT2D eigenvalue weighted by molar-refractivity contribution is 0.0600. The number of carbonyl (C=O) groups excluding carboxylic acids is 1. The minimum atomic E-state index is -0.353. The molecule has 0 aliphatic rings. The van der Waals surface area contributed by atoms with E-state index in [1.54, 1.807) is 6.07 Å². The second-order valence-corrected chi connectivity index (χ2v) is 6.02. The van der Waals surface area contributed by atoms with Gasteiger partial charge in [-0.25, -0.2) is 9.78 Å². The molecule has 0 saturated heterocycles. The molecule has 0 atom stereocenters. The molecule has 3 aromatic carbocycles. The number of fused-ring (bicyclic) bond motifs is 1. The summed E-state index contributed by atoms with van der Waals surface area (Å²) in [4.78, 5) is 16.4. The van der Waals surface area contributed by atoms with Crippen LogP contribution in [-0.4, -0.2) is 18.1 Å². The van der Waals surface area contributed by atoms with Gasteiger partial charge >= 0.3 is 5.97 Å². The molecular weight excluding hydrogens is 338 g/mol. The van der Waals surface area contributed by atoms with Gasteiger partial charge < -0.3 is 9.15 Å². The summed E-state index contributed by atoms with van der Waals surface area (Å²) in [6, 6.07) is 23.0. The summed E-state index contributed by atoms with van der Waals surface area (Å²) in [6.07, 6.45) is 3.83. The molecule has 1 aromatic heterocycles. The van der Waals surface area contributed by atoms with E-state index in [0.717, 1.165) is 27.8 Å². The molecule has 27 heavy (non-hydrogen) atoms. The number of oxazole rings is 1. The van der Waals surface area contributed by atoms with E-state index in [9.17, 15) is 4.79 Å². The van der Waals surface area contributed by atoms with Crippen LogP contribution in [0, 0.1) is 0 Å². The highest BCUT2D eigenvalue weighted by Crippen LogP contribution is 2.25. The van der Waals surface area contributed by atoms with Gasteiger partial charge in [0.25, 0.3) is 0 Å². The molecule has 0 aliphatic carbocycles. The van der Waals surface area contributed by atoms with Gasteiger partial charge in [0.05, 0.1) is 12.7 Å². The van der Waals surface area contributed by atoms with Crippen molar-refractivity contribution in [1.29, 1.82) is 0 Å². The van der Waals surface area contributed by atoms with Crippen LogP contribution in [0.3, 0.4) is 0 Å². The van der Waals surface area contributed by atoms with Gasteiger partial charge in [-0.15, -0.1) is 0 Å². The number of hydrogen-bond acceptors (Lipinski definition) is 4. The van der Waals surface area contributed by atoms with Crippen LogP contribution in [0.25, 0.3) is 34.7 Å². The van der Waals surface area contributed by atoms with Crippen molar-refractivity contribution in [3.63, 3.8) is 0 Å². The van der Waals surface area contributed by atoms with E-state index < -0.39 is 0 Å². The van der Waals surface area contributed by atoms with Crippen molar-refractivity contribution in [2.45, 2.75) is 0 Å². The van der Waals surface area contributed by atoms with Crippen molar-refractivity contribution in [3.8, 4) is 11.5 Å². The number of ether oxygens (including phenoxy) is 1. The normalized spacial score (nSPS) is 11.1. The largest absolute Gasteiger partial charge is 0.465 e. The van der Waals surface area contributed by atoms with Crippen LogP contribution in [0.15, 0.2) is 77.2 Å². The van der Waals surface area contributed by atoms with E-state index in [1.165, 1.54) is 7.11 Å². The molecule has 0 saturated carbocycles. The maximum atomic E-state index is 11.9. The number of nitrogens with zero attached hydrogens (tertiary/aromatic N) is 1. The van der Waals surface area contributed by atoms with Gasteiger partial charge in [0, 0.05) is 5.56 Å². The zero-order chi connectivity index (χ0) is 18.6. The van der Waals surface area contributed by atoms with Crippen molar-refractivity contribution in [1.82, 2.24) is 4.98 Å². The number of carbonyl (C=O) groups is 1. The Hall–Kier alpha value is -3.66. The van der Waals surface area contributed by atoms with Crippen LogP contribution in [0.1, 0.15) is 21.5 Å². The van der Waals surface area contributed by atoms with Crippen LogP contribution in [0.5, 0.6) is 0 Å². The Morgan fingerprint density at radius 2 is 1.74 bits per heavy atom. The van der Waals surface area contributed by atoms with Crippen LogP contribution < -0.4 is 0 Å². The fourth-order valence-corrected chi connectivity index (χ4v) is 2.87. The van der Waals surface area contributed by atoms with E-state index in [-0.39, 0.29) is 5.97 Å². The molecule has 132 valence electrons. The first-order valence-corrected chi connectivity index (χ1v) is 8.56. The Kier molecular flexibility index (Phi) is 4.54. The molecule has 4 nitrogen and oxygen atoms in total. The first-order chi connectivity index (χ1) is 13.2. The van der Waals surface area contributed by atoms with Crippen LogP contribution >= 0.6 is 0 Å². The predicted octanol–water partition coefficient (Wildman–Crippen LogP) is 5.45. The molecule has 0 fully saturated rings. The van der Waals surface area contributed by atoms with Crippen molar-refractivity contribution in [2.24, 2.45) is 0 Å². The number of methoxy groups -OCH3 is 1. The third kappa shape index (κ3) is 3.51. The topological polar surface area (TPSA) is 52.3 Å². The summed E-state index contributed by atoms with van der Waals surface area (Å²) in [5.41, 5.74) is 4.75. The summed E-state index contributed by atoms with van der Waals surface area (Å²) in [6.45, 7) is 0. The average Bonchev–Trinajstić information content (AvgIpc) is 3.16. The van der Waals surface area contributed by atoms with Gasteiger partial charge in [0.1, 0.15) is 5.52 Å². The van der Waals surface area contributed by atoms with Gasteiger partial charge in [-0.05, 0) is 41.5 Å². The predicted molar refractivity (Wildman–Crippen MR) is 106 cm³/mol. The Balaban J connectivity index is 1.65. The zero-order valence-electron chi connectivity index (χ0n) is 14.8. The maximum Gasteiger partial charge on any atom is 0.338 e. The fraction of sp³-hybridized carbons (Fsp3) is 0.0435. The zero-order valence-corrected chi connectivity index (χ0v) is 14.8. The summed E-state index contributed by atoms with van der Waals surface area (Å²) >= 11 is 0. The monoisotopic (exact) mass is 355 g/mol. The quantitative estimate of drug-likeness (QED) is 0.361. The second-order valence-electron chi connectivity index (χ2n) is 6.02. The third-order valence-electron chi connectivity index (χ3n) is 4.25. The molecule has 4 rings (SSSR count). The third-order valence-corrected chi connectivity index (χ3v) is 4.25. The highest BCUT2D eigenvalue weighted by molar-refractivity contribution is 5.95. The standard InChI is InChI=1S/C23H17NO3/c1-26-23(25)19-10-6-5-7-17(19)13-11-16-12-14-20-21(15-16)27-22(24-20)18-8-3-2-4-9-18/h2-15H,1H3/b13-11+. The first kappa shape index (κ1) is 16.8. The van der Waals surface area contributed by atoms with E-state index >= 15 is 0 Å². The van der Waals surface area contributed by atoms with Crippen molar-refractivity contribution >= 4 is 29.2 Å². The molecular formula is C23H17NO3. The summed E-state index contributed by atoms with van der Waals surface area (Å²) < 4.78 is 10.7. The highest BCUT2D eigenvalue weighted by Gasteiger charge is 2.10. The number of esters is 1. The Morgan fingerprint density at radius 1 is 0.963 bits per heavy atom. The van der Waals surface area contributed by atoms with Gasteiger partial charge in [-0.1, -0.05) is 54.6 Å². The second kappa shape index (κ2) is 7.30. The van der Waals surface area contributed by atoms with E-state index in [4.69, 9.17) is 9.15 Å². The SMILES string of the molecule is COC(=O)c1ccccc1/C=C/c1ccc2nc(-c3ccccc3)oc2c1. The Bertz CT molecular complexity index is 1130. The lowest BCUT2D eigenvalue weighted by atomic mass is 10.1. The molecule has 4 heteroatoms. The van der Waals surface area contributed by atoms with E-state index in [2.05, 4.69) is 4.98 Å². The van der Waals surface area contributed by atoms with Crippen LogP contribution in [0.2, 0.25) is 0 Å². The summed E-state index contributed by atoms with van der Waals surface area (Å²) in [5, 5.41) is 0. The molecule has 0 bridgehead atoms. The van der Waals surface area contributed by atoms with Gasteiger partial charge in [0.2, 0.25) is 5.89 Å². The molecule has 0 amide bonds. The van der Waals surface area contributed by atoms with Crippen molar-refractivity contribution in [2.75, 3.05) is 7.11 Å². The molecule has 0 unspecified atom stereocenters. The Morgan fingerprint density at radius 3 is 2.56 bits per heavy atom. The van der Waals surface area contributed by atoms with Crippen LogP contribution in [0.4, 0.5) is 0 Å². The minimum absolute atomic E-state index is 0.353. The lowest BCUT2D eigenvalue weighted by Gasteiger charge is -2.03. The highest BCUT2D eigenvalue weighted by atomic mass is 16.5. The maximum absolute atomic E-state index is 11.9. The number of benzene rings is 3. The number of hydrogen-bond donors (Lipinski definition) is 0. The van der Waals surface area contributed by atoms with E-state index in [0.29, 0.717) is 11.5 Å². The lowest BCUT2D eigenvalue weighted by Crippen LogP contribution is -2.02. The molecule has 1 heterocycles. The van der Waals surface area contributed by atoms with Crippen molar-refractivity contribution < 1.29 is 13.9 Å². The van der Waals surface area contributed by atoms with Crippen LogP contribution in [-0.2, 0) is 4.74 Å². The minimum Gasteiger partial charge on any atom is -0.465 e.